The molecular weight excluding hydrogens is 434 g/mol. The molecule has 3 atom stereocenters. The predicted octanol–water partition coefficient (Wildman–Crippen LogP) is 1.93. The van der Waals surface area contributed by atoms with Crippen molar-refractivity contribution in [3.8, 4) is 17.7 Å². The summed E-state index contributed by atoms with van der Waals surface area (Å²) in [5, 5.41) is 26.3. The molecule has 0 radical (unpaired) electrons. The lowest BCUT2D eigenvalue weighted by Crippen LogP contribution is -2.29. The van der Waals surface area contributed by atoms with Gasteiger partial charge in [-0.05, 0) is 31.7 Å². The van der Waals surface area contributed by atoms with Gasteiger partial charge in [0, 0.05) is 38.1 Å². The number of halogens is 1. The number of rotatable bonds is 9. The number of anilines is 2. The van der Waals surface area contributed by atoms with Crippen LogP contribution >= 0.6 is 11.6 Å². The van der Waals surface area contributed by atoms with E-state index in [0.29, 0.717) is 61.4 Å². The zero-order valence-electron chi connectivity index (χ0n) is 18.1. The lowest BCUT2D eigenvalue weighted by atomic mass is 10.1. The number of hydrogen-bond donors (Lipinski definition) is 4. The van der Waals surface area contributed by atoms with Crippen molar-refractivity contribution in [2.24, 2.45) is 5.92 Å². The zero-order chi connectivity index (χ0) is 22.9. The topological polar surface area (TPSA) is 122 Å². The number of nitrogens with zero attached hydrogens (tertiary/aromatic N) is 3. The Labute approximate surface area is 192 Å². The van der Waals surface area contributed by atoms with Gasteiger partial charge in [-0.1, -0.05) is 23.4 Å². The van der Waals surface area contributed by atoms with Gasteiger partial charge in [0.2, 0.25) is 11.8 Å². The van der Waals surface area contributed by atoms with Gasteiger partial charge in [-0.2, -0.15) is 9.97 Å². The highest BCUT2D eigenvalue weighted by Gasteiger charge is 2.33. The van der Waals surface area contributed by atoms with Crippen molar-refractivity contribution in [3.05, 3.63) is 34.6 Å². The van der Waals surface area contributed by atoms with E-state index >= 15 is 0 Å². The van der Waals surface area contributed by atoms with E-state index in [1.807, 2.05) is 6.92 Å². The van der Waals surface area contributed by atoms with E-state index < -0.39 is 6.10 Å². The molecule has 9 nitrogen and oxygen atoms in total. The molecule has 0 aromatic carbocycles. The van der Waals surface area contributed by atoms with Crippen LogP contribution in [0.2, 0.25) is 5.15 Å². The number of aromatic nitrogens is 3. The third kappa shape index (κ3) is 6.43. The molecule has 0 saturated heterocycles. The van der Waals surface area contributed by atoms with Crippen molar-refractivity contribution in [3.63, 3.8) is 0 Å². The van der Waals surface area contributed by atoms with Gasteiger partial charge in [0.05, 0.1) is 25.4 Å². The SMILES string of the molecule is CCOc1ccc(C#Cc2c(Cl)nc(NCCOC)nc2N[C@@H]2C[C@H](CO)C[C@H]2O)cn1. The molecule has 10 heteroatoms. The van der Waals surface area contributed by atoms with Gasteiger partial charge >= 0.3 is 0 Å². The van der Waals surface area contributed by atoms with E-state index in [-0.39, 0.29) is 23.7 Å². The summed E-state index contributed by atoms with van der Waals surface area (Å²) in [5.74, 6) is 7.35. The normalized spacial score (nSPS) is 19.8. The van der Waals surface area contributed by atoms with Crippen LogP contribution in [-0.2, 0) is 4.74 Å². The van der Waals surface area contributed by atoms with E-state index in [9.17, 15) is 10.2 Å². The highest BCUT2D eigenvalue weighted by molar-refractivity contribution is 6.31. The monoisotopic (exact) mass is 461 g/mol. The Morgan fingerprint density at radius 1 is 1.25 bits per heavy atom. The summed E-state index contributed by atoms with van der Waals surface area (Å²) >= 11 is 6.45. The van der Waals surface area contributed by atoms with Crippen LogP contribution in [0.1, 0.15) is 30.9 Å². The first-order valence-electron chi connectivity index (χ1n) is 10.5. The van der Waals surface area contributed by atoms with Crippen LogP contribution in [0.25, 0.3) is 0 Å². The minimum atomic E-state index is -0.609. The molecule has 0 spiro atoms. The smallest absolute Gasteiger partial charge is 0.226 e. The Morgan fingerprint density at radius 3 is 2.75 bits per heavy atom. The molecule has 32 heavy (non-hydrogen) atoms. The largest absolute Gasteiger partial charge is 0.478 e. The van der Waals surface area contributed by atoms with Gasteiger partial charge in [0.15, 0.2) is 5.15 Å². The van der Waals surface area contributed by atoms with Crippen LogP contribution in [0.15, 0.2) is 18.3 Å². The minimum absolute atomic E-state index is 0.0288. The fourth-order valence-corrected chi connectivity index (χ4v) is 3.63. The van der Waals surface area contributed by atoms with Crippen molar-refractivity contribution >= 4 is 23.4 Å². The van der Waals surface area contributed by atoms with Crippen molar-refractivity contribution < 1.29 is 19.7 Å². The summed E-state index contributed by atoms with van der Waals surface area (Å²) in [5.41, 5.74) is 1.09. The molecule has 3 rings (SSSR count). The van der Waals surface area contributed by atoms with Gasteiger partial charge in [0.1, 0.15) is 11.4 Å². The first-order valence-corrected chi connectivity index (χ1v) is 10.9. The number of ether oxygens (including phenoxy) is 2. The molecule has 172 valence electrons. The van der Waals surface area contributed by atoms with Crippen LogP contribution < -0.4 is 15.4 Å². The Bertz CT molecular complexity index is 948. The maximum absolute atomic E-state index is 10.4. The third-order valence-electron chi connectivity index (χ3n) is 5.02. The molecule has 4 N–H and O–H groups in total. The van der Waals surface area contributed by atoms with Gasteiger partial charge in [0.25, 0.3) is 0 Å². The van der Waals surface area contributed by atoms with E-state index in [2.05, 4.69) is 37.4 Å². The molecule has 1 saturated carbocycles. The van der Waals surface area contributed by atoms with Gasteiger partial charge in [-0.15, -0.1) is 0 Å². The molecule has 1 aliphatic rings. The van der Waals surface area contributed by atoms with Gasteiger partial charge in [-0.25, -0.2) is 4.98 Å². The Hall–Kier alpha value is -2.64. The number of pyridine rings is 1. The molecule has 2 heterocycles. The zero-order valence-corrected chi connectivity index (χ0v) is 18.9. The summed E-state index contributed by atoms with van der Waals surface area (Å²) in [6.07, 6.45) is 2.14. The number of methoxy groups -OCH3 is 1. The Morgan fingerprint density at radius 2 is 2.09 bits per heavy atom. The summed E-state index contributed by atoms with van der Waals surface area (Å²) in [7, 11) is 1.61. The number of nitrogens with one attached hydrogen (secondary N) is 2. The van der Waals surface area contributed by atoms with Crippen LogP contribution in [0.5, 0.6) is 5.88 Å². The lowest BCUT2D eigenvalue weighted by Gasteiger charge is -2.19. The molecule has 2 aromatic rings. The van der Waals surface area contributed by atoms with Crippen molar-refractivity contribution in [2.45, 2.75) is 31.9 Å². The molecular formula is C22H28ClN5O4. The average molecular weight is 462 g/mol. The highest BCUT2D eigenvalue weighted by Crippen LogP contribution is 2.30. The van der Waals surface area contributed by atoms with E-state index in [1.165, 1.54) is 0 Å². The quantitative estimate of drug-likeness (QED) is 0.252. The van der Waals surface area contributed by atoms with Crippen LogP contribution in [0.3, 0.4) is 0 Å². The van der Waals surface area contributed by atoms with Crippen LogP contribution in [0.4, 0.5) is 11.8 Å². The average Bonchev–Trinajstić information content (AvgIpc) is 3.14. The third-order valence-corrected chi connectivity index (χ3v) is 5.29. The Kier molecular flexibility index (Phi) is 8.88. The molecule has 0 unspecified atom stereocenters. The predicted molar refractivity (Wildman–Crippen MR) is 122 cm³/mol. The number of hydrogen-bond acceptors (Lipinski definition) is 9. The molecule has 2 aromatic heterocycles. The number of aliphatic hydroxyl groups excluding tert-OH is 2. The standard InChI is InChI=1S/C22H28ClN5O4/c1-3-32-19-7-5-14(12-25-19)4-6-16-20(23)27-22(24-8-9-31-2)28-21(16)26-17-10-15(13-29)11-18(17)30/h5,7,12,15,17-18,29-30H,3,8-11,13H2,1-2H3,(H2,24,26,27,28)/t15-,17+,18+/m0/s1. The van der Waals surface area contributed by atoms with Crippen molar-refractivity contribution in [1.29, 1.82) is 0 Å². The molecule has 1 aliphatic carbocycles. The van der Waals surface area contributed by atoms with E-state index in [0.717, 1.165) is 0 Å². The minimum Gasteiger partial charge on any atom is -0.478 e. The van der Waals surface area contributed by atoms with E-state index in [4.69, 9.17) is 21.1 Å². The molecule has 0 bridgehead atoms. The van der Waals surface area contributed by atoms with Gasteiger partial charge < -0.3 is 30.3 Å². The summed E-state index contributed by atoms with van der Waals surface area (Å²) < 4.78 is 10.4. The number of aliphatic hydroxyl groups is 2. The Balaban J connectivity index is 1.88. The van der Waals surface area contributed by atoms with Crippen LogP contribution in [-0.4, -0.2) is 70.8 Å². The van der Waals surface area contributed by atoms with Crippen LogP contribution in [0, 0.1) is 17.8 Å². The second kappa shape index (κ2) is 11.8. The summed E-state index contributed by atoms with van der Waals surface area (Å²) in [4.78, 5) is 13.0. The fraction of sp³-hybridized carbons (Fsp3) is 0.500. The first kappa shape index (κ1) is 24.0. The molecule has 1 fully saturated rings. The van der Waals surface area contributed by atoms with Crippen molar-refractivity contribution in [2.75, 3.05) is 44.1 Å². The maximum Gasteiger partial charge on any atom is 0.226 e. The maximum atomic E-state index is 10.4. The lowest BCUT2D eigenvalue weighted by molar-refractivity contribution is 0.157. The molecule has 0 amide bonds. The second-order valence-electron chi connectivity index (χ2n) is 7.39. The highest BCUT2D eigenvalue weighted by atomic mass is 35.5. The summed E-state index contributed by atoms with van der Waals surface area (Å²) in [6.45, 7) is 3.45. The van der Waals surface area contributed by atoms with Crippen molar-refractivity contribution in [1.82, 2.24) is 15.0 Å². The summed E-state index contributed by atoms with van der Waals surface area (Å²) in [6, 6.07) is 3.27. The first-order chi connectivity index (χ1) is 15.5. The van der Waals surface area contributed by atoms with Gasteiger partial charge in [-0.3, -0.25) is 0 Å². The van der Waals surface area contributed by atoms with E-state index in [1.54, 1.807) is 25.4 Å². The second-order valence-corrected chi connectivity index (χ2v) is 7.75. The molecule has 0 aliphatic heterocycles. The fourth-order valence-electron chi connectivity index (χ4n) is 3.41.